The topological polar surface area (TPSA) is 60.1 Å². The average Bonchev–Trinajstić information content (AvgIpc) is 3.08. The molecule has 3 rings (SSSR count). The molecule has 0 saturated carbocycles. The Morgan fingerprint density at radius 3 is 2.52 bits per heavy atom. The van der Waals surface area contributed by atoms with E-state index in [1.807, 2.05) is 43.5 Å². The first-order chi connectivity index (χ1) is 10.1. The second-order valence-corrected chi connectivity index (χ2v) is 5.29. The molecule has 0 radical (unpaired) electrons. The maximum atomic E-state index is 11.9. The zero-order valence-electron chi connectivity index (χ0n) is 11.2. The van der Waals surface area contributed by atoms with Crippen LogP contribution in [0.15, 0.2) is 57.7 Å². The summed E-state index contributed by atoms with van der Waals surface area (Å²) >= 11 is 3.17. The zero-order chi connectivity index (χ0) is 14.8. The number of anilines is 1. The molecule has 21 heavy (non-hydrogen) atoms. The van der Waals surface area contributed by atoms with Gasteiger partial charge in [-0.05, 0) is 65.3 Å². The van der Waals surface area contributed by atoms with Gasteiger partial charge in [0.1, 0.15) is 0 Å². The molecule has 1 amide bonds. The molecule has 0 spiro atoms. The van der Waals surface area contributed by atoms with Crippen LogP contribution < -0.4 is 5.32 Å². The number of aryl methyl sites for hydroxylation is 1. The van der Waals surface area contributed by atoms with Crippen molar-refractivity contribution in [3.8, 4) is 5.69 Å². The highest BCUT2D eigenvalue weighted by molar-refractivity contribution is 9.10. The number of nitrogens with zero attached hydrogens (tertiary/aromatic N) is 2. The van der Waals surface area contributed by atoms with E-state index in [4.69, 9.17) is 4.42 Å². The first-order valence-corrected chi connectivity index (χ1v) is 7.10. The van der Waals surface area contributed by atoms with Gasteiger partial charge in [0.2, 0.25) is 0 Å². The molecule has 0 fully saturated rings. The Hall–Kier alpha value is -2.34. The highest BCUT2D eigenvalue weighted by Crippen LogP contribution is 2.17. The van der Waals surface area contributed by atoms with Crippen LogP contribution >= 0.6 is 15.9 Å². The summed E-state index contributed by atoms with van der Waals surface area (Å²) < 4.78 is 7.51. The van der Waals surface area contributed by atoms with Gasteiger partial charge < -0.3 is 9.73 Å². The number of halogens is 1. The van der Waals surface area contributed by atoms with Gasteiger partial charge in [0.15, 0.2) is 10.4 Å². The number of rotatable bonds is 3. The number of hydrogen-bond donors (Lipinski definition) is 1. The number of carbonyl (C=O) groups excluding carboxylic acids is 1. The number of benzene rings is 1. The van der Waals surface area contributed by atoms with Crippen LogP contribution in [-0.2, 0) is 0 Å². The van der Waals surface area contributed by atoms with E-state index >= 15 is 0 Å². The highest BCUT2D eigenvalue weighted by Gasteiger charge is 2.10. The standard InChI is InChI=1S/C15H12BrN3O2/c1-10-8-9-19(18-10)12-4-2-11(3-5-12)17-15(20)13-6-7-14(16)21-13/h2-9H,1H3,(H,17,20). The lowest BCUT2D eigenvalue weighted by Gasteiger charge is -2.05. The van der Waals surface area contributed by atoms with Crippen molar-refractivity contribution in [1.82, 2.24) is 9.78 Å². The minimum absolute atomic E-state index is 0.258. The molecule has 5 nitrogen and oxygen atoms in total. The summed E-state index contributed by atoms with van der Waals surface area (Å²) in [5.41, 5.74) is 2.58. The van der Waals surface area contributed by atoms with Gasteiger partial charge in [0.05, 0.1) is 11.4 Å². The van der Waals surface area contributed by atoms with Crippen molar-refractivity contribution in [2.24, 2.45) is 0 Å². The Bertz CT molecular complexity index is 774. The molecule has 0 bridgehead atoms. The van der Waals surface area contributed by atoms with Gasteiger partial charge in [-0.3, -0.25) is 4.79 Å². The smallest absolute Gasteiger partial charge is 0.291 e. The first-order valence-electron chi connectivity index (χ1n) is 6.31. The van der Waals surface area contributed by atoms with E-state index in [0.29, 0.717) is 10.4 Å². The van der Waals surface area contributed by atoms with Crippen LogP contribution in [0.4, 0.5) is 5.69 Å². The molecule has 1 N–H and O–H groups in total. The van der Waals surface area contributed by atoms with Crippen LogP contribution in [0.5, 0.6) is 0 Å². The minimum Gasteiger partial charge on any atom is -0.444 e. The van der Waals surface area contributed by atoms with Crippen molar-refractivity contribution in [1.29, 1.82) is 0 Å². The lowest BCUT2D eigenvalue weighted by atomic mass is 10.2. The van der Waals surface area contributed by atoms with Gasteiger partial charge in [-0.1, -0.05) is 0 Å². The number of carbonyl (C=O) groups is 1. The van der Waals surface area contributed by atoms with E-state index < -0.39 is 0 Å². The van der Waals surface area contributed by atoms with E-state index in [0.717, 1.165) is 11.4 Å². The lowest BCUT2D eigenvalue weighted by molar-refractivity contribution is 0.0995. The van der Waals surface area contributed by atoms with Crippen LogP contribution in [0.1, 0.15) is 16.2 Å². The summed E-state index contributed by atoms with van der Waals surface area (Å²) in [5.74, 6) is -0.0305. The van der Waals surface area contributed by atoms with Crippen LogP contribution in [0, 0.1) is 6.92 Å². The van der Waals surface area contributed by atoms with Crippen LogP contribution in [-0.4, -0.2) is 15.7 Å². The molecule has 0 atom stereocenters. The maximum absolute atomic E-state index is 11.9. The van der Waals surface area contributed by atoms with Crippen molar-refractivity contribution in [3.63, 3.8) is 0 Å². The van der Waals surface area contributed by atoms with Crippen LogP contribution in [0.3, 0.4) is 0 Å². The number of amides is 1. The molecule has 6 heteroatoms. The second kappa shape index (κ2) is 5.57. The van der Waals surface area contributed by atoms with E-state index in [1.54, 1.807) is 16.8 Å². The van der Waals surface area contributed by atoms with Crippen molar-refractivity contribution < 1.29 is 9.21 Å². The van der Waals surface area contributed by atoms with Crippen molar-refractivity contribution >= 4 is 27.5 Å². The molecule has 2 aromatic heterocycles. The third-order valence-electron chi connectivity index (χ3n) is 2.91. The fourth-order valence-corrected chi connectivity index (χ4v) is 2.19. The van der Waals surface area contributed by atoms with E-state index in [1.165, 1.54) is 0 Å². The summed E-state index contributed by atoms with van der Waals surface area (Å²) in [5, 5.41) is 7.10. The van der Waals surface area contributed by atoms with Gasteiger partial charge in [-0.2, -0.15) is 5.10 Å². The molecule has 106 valence electrons. The molecule has 0 unspecified atom stereocenters. The third-order valence-corrected chi connectivity index (χ3v) is 3.34. The van der Waals surface area contributed by atoms with Gasteiger partial charge >= 0.3 is 0 Å². The fourth-order valence-electron chi connectivity index (χ4n) is 1.89. The molecule has 2 heterocycles. The van der Waals surface area contributed by atoms with E-state index in [2.05, 4.69) is 26.3 Å². The van der Waals surface area contributed by atoms with Gasteiger partial charge in [0, 0.05) is 11.9 Å². The Balaban J connectivity index is 1.74. The molecule has 0 aliphatic heterocycles. The summed E-state index contributed by atoms with van der Waals surface area (Å²) in [7, 11) is 0. The second-order valence-electron chi connectivity index (χ2n) is 4.51. The highest BCUT2D eigenvalue weighted by atomic mass is 79.9. The van der Waals surface area contributed by atoms with Gasteiger partial charge in [0.25, 0.3) is 5.91 Å². The fraction of sp³-hybridized carbons (Fsp3) is 0.0667. The predicted molar refractivity (Wildman–Crippen MR) is 82.7 cm³/mol. The van der Waals surface area contributed by atoms with Gasteiger partial charge in [-0.25, -0.2) is 4.68 Å². The summed E-state index contributed by atoms with van der Waals surface area (Å²) in [6.45, 7) is 1.94. The average molecular weight is 346 g/mol. The minimum atomic E-state index is -0.289. The van der Waals surface area contributed by atoms with Crippen molar-refractivity contribution in [3.05, 3.63) is 64.8 Å². The molecular weight excluding hydrogens is 334 g/mol. The molecule has 0 aliphatic carbocycles. The monoisotopic (exact) mass is 345 g/mol. The number of aromatic nitrogens is 2. The third kappa shape index (κ3) is 3.05. The van der Waals surface area contributed by atoms with Crippen molar-refractivity contribution in [2.75, 3.05) is 5.32 Å². The molecule has 1 aromatic carbocycles. The normalized spacial score (nSPS) is 10.6. The van der Waals surface area contributed by atoms with Crippen LogP contribution in [0.2, 0.25) is 0 Å². The first kappa shape index (κ1) is 13.6. The molecule has 0 saturated heterocycles. The van der Waals surface area contributed by atoms with E-state index in [-0.39, 0.29) is 11.7 Å². The Kier molecular flexibility index (Phi) is 3.62. The van der Waals surface area contributed by atoms with Crippen LogP contribution in [0.25, 0.3) is 5.69 Å². The largest absolute Gasteiger partial charge is 0.444 e. The number of hydrogen-bond acceptors (Lipinski definition) is 3. The van der Waals surface area contributed by atoms with Gasteiger partial charge in [-0.15, -0.1) is 0 Å². The summed E-state index contributed by atoms with van der Waals surface area (Å²) in [6.07, 6.45) is 1.89. The quantitative estimate of drug-likeness (QED) is 0.785. The van der Waals surface area contributed by atoms with E-state index in [9.17, 15) is 4.79 Å². The SMILES string of the molecule is Cc1ccn(-c2ccc(NC(=O)c3ccc(Br)o3)cc2)n1. The Labute approximate surface area is 129 Å². The van der Waals surface area contributed by atoms with Crippen molar-refractivity contribution in [2.45, 2.75) is 6.92 Å². The summed E-state index contributed by atoms with van der Waals surface area (Å²) in [6, 6.07) is 12.6. The molecular formula is C15H12BrN3O2. The lowest BCUT2D eigenvalue weighted by Crippen LogP contribution is -2.10. The zero-order valence-corrected chi connectivity index (χ0v) is 12.8. The maximum Gasteiger partial charge on any atom is 0.291 e. The molecule has 3 aromatic rings. The Morgan fingerprint density at radius 1 is 1.19 bits per heavy atom. The Morgan fingerprint density at radius 2 is 1.95 bits per heavy atom. The molecule has 0 aliphatic rings. The number of nitrogens with one attached hydrogen (secondary N) is 1. The summed E-state index contributed by atoms with van der Waals surface area (Å²) in [4.78, 5) is 11.9. The number of furan rings is 1. The predicted octanol–water partition coefficient (Wildman–Crippen LogP) is 3.79.